The van der Waals surface area contributed by atoms with Crippen molar-refractivity contribution in [3.05, 3.63) is 0 Å². The second kappa shape index (κ2) is 5.82. The van der Waals surface area contributed by atoms with E-state index >= 15 is 0 Å². The second-order valence-electron chi connectivity index (χ2n) is 6.81. The van der Waals surface area contributed by atoms with Gasteiger partial charge in [0, 0.05) is 6.04 Å². The van der Waals surface area contributed by atoms with Crippen LogP contribution in [0.2, 0.25) is 0 Å². The molecule has 1 heterocycles. The van der Waals surface area contributed by atoms with Crippen molar-refractivity contribution in [2.45, 2.75) is 77.3 Å². The predicted octanol–water partition coefficient (Wildman–Crippen LogP) is 3.53. The number of carbonyl (C=O) groups is 1. The molecule has 3 nitrogen and oxygen atoms in total. The number of hydrogen-bond acceptors (Lipinski definition) is 2. The molecule has 1 aliphatic carbocycles. The van der Waals surface area contributed by atoms with Crippen LogP contribution in [0.4, 0.5) is 0 Å². The van der Waals surface area contributed by atoms with E-state index in [4.69, 9.17) is 0 Å². The molecule has 3 unspecified atom stereocenters. The van der Waals surface area contributed by atoms with Crippen LogP contribution in [0.1, 0.15) is 65.7 Å². The van der Waals surface area contributed by atoms with Gasteiger partial charge in [-0.2, -0.15) is 0 Å². The van der Waals surface area contributed by atoms with Crippen LogP contribution >= 0.6 is 0 Å². The Balaban J connectivity index is 2.13. The van der Waals surface area contributed by atoms with Crippen molar-refractivity contribution >= 4 is 5.97 Å². The number of nitrogens with zero attached hydrogens (tertiary/aromatic N) is 1. The number of carboxylic acids is 1. The lowest BCUT2D eigenvalue weighted by Crippen LogP contribution is -2.55. The van der Waals surface area contributed by atoms with Crippen LogP contribution in [0.5, 0.6) is 0 Å². The minimum absolute atomic E-state index is 0.500. The van der Waals surface area contributed by atoms with Crippen molar-refractivity contribution in [2.24, 2.45) is 11.8 Å². The summed E-state index contributed by atoms with van der Waals surface area (Å²) in [6, 6.07) is 0.500. The largest absolute Gasteiger partial charge is 0.480 e. The summed E-state index contributed by atoms with van der Waals surface area (Å²) in [6.45, 7) is 7.63. The summed E-state index contributed by atoms with van der Waals surface area (Å²) in [4.78, 5) is 14.1. The van der Waals surface area contributed by atoms with Gasteiger partial charge in [0.1, 0.15) is 5.54 Å². The van der Waals surface area contributed by atoms with Gasteiger partial charge in [-0.05, 0) is 50.5 Å². The molecule has 2 fully saturated rings. The maximum atomic E-state index is 11.8. The third-order valence-corrected chi connectivity index (χ3v) is 5.59. The Hall–Kier alpha value is -0.570. The number of likely N-dealkylation sites (tertiary alicyclic amines) is 1. The maximum absolute atomic E-state index is 11.8. The van der Waals surface area contributed by atoms with E-state index < -0.39 is 11.5 Å². The normalized spacial score (nSPS) is 36.8. The first-order valence-corrected chi connectivity index (χ1v) is 8.01. The van der Waals surface area contributed by atoms with Gasteiger partial charge in [0.05, 0.1) is 0 Å². The highest BCUT2D eigenvalue weighted by molar-refractivity contribution is 5.79. The Labute approximate surface area is 117 Å². The van der Waals surface area contributed by atoms with E-state index in [1.54, 1.807) is 0 Å². The van der Waals surface area contributed by atoms with E-state index in [-0.39, 0.29) is 0 Å². The van der Waals surface area contributed by atoms with Crippen LogP contribution in [0, 0.1) is 11.8 Å². The zero-order valence-electron chi connectivity index (χ0n) is 12.7. The van der Waals surface area contributed by atoms with Gasteiger partial charge in [-0.3, -0.25) is 9.69 Å². The Morgan fingerprint density at radius 1 is 1.37 bits per heavy atom. The maximum Gasteiger partial charge on any atom is 0.324 e. The molecular weight excluding hydrogens is 238 g/mol. The Kier molecular flexibility index (Phi) is 4.54. The highest BCUT2D eigenvalue weighted by Gasteiger charge is 2.49. The van der Waals surface area contributed by atoms with Crippen LogP contribution in [-0.2, 0) is 4.79 Å². The number of hydrogen-bond donors (Lipinski definition) is 1. The summed E-state index contributed by atoms with van der Waals surface area (Å²) in [5.41, 5.74) is -0.566. The van der Waals surface area contributed by atoms with E-state index in [0.717, 1.165) is 37.6 Å². The third-order valence-electron chi connectivity index (χ3n) is 5.59. The molecule has 0 spiro atoms. The molecule has 2 aliphatic rings. The molecule has 3 atom stereocenters. The number of rotatable bonds is 4. The lowest BCUT2D eigenvalue weighted by Gasteiger charge is -2.44. The van der Waals surface area contributed by atoms with Crippen LogP contribution in [0.3, 0.4) is 0 Å². The summed E-state index contributed by atoms with van der Waals surface area (Å²) in [5, 5.41) is 9.70. The minimum Gasteiger partial charge on any atom is -0.480 e. The van der Waals surface area contributed by atoms with E-state index in [9.17, 15) is 9.90 Å². The fourth-order valence-electron chi connectivity index (χ4n) is 4.28. The quantitative estimate of drug-likeness (QED) is 0.847. The zero-order valence-corrected chi connectivity index (χ0v) is 12.7. The summed E-state index contributed by atoms with van der Waals surface area (Å²) >= 11 is 0. The molecule has 1 N–H and O–H groups in total. The molecule has 0 aromatic rings. The molecule has 0 bridgehead atoms. The molecular formula is C16H29NO2. The van der Waals surface area contributed by atoms with Gasteiger partial charge in [-0.15, -0.1) is 0 Å². The van der Waals surface area contributed by atoms with Crippen LogP contribution in [0.25, 0.3) is 0 Å². The number of aliphatic carboxylic acids is 1. The number of carboxylic acid groups (broad SMARTS) is 1. The fraction of sp³-hybridized carbons (Fsp3) is 0.938. The van der Waals surface area contributed by atoms with E-state index in [2.05, 4.69) is 18.7 Å². The van der Waals surface area contributed by atoms with E-state index in [1.807, 2.05) is 6.92 Å². The van der Waals surface area contributed by atoms with Crippen LogP contribution < -0.4 is 0 Å². The average Bonchev–Trinajstić information content (AvgIpc) is 2.83. The average molecular weight is 267 g/mol. The highest BCUT2D eigenvalue weighted by atomic mass is 16.4. The first-order valence-electron chi connectivity index (χ1n) is 8.01. The molecule has 0 amide bonds. The molecule has 1 saturated heterocycles. The molecule has 19 heavy (non-hydrogen) atoms. The van der Waals surface area contributed by atoms with Gasteiger partial charge in [-0.1, -0.05) is 33.6 Å². The van der Waals surface area contributed by atoms with Gasteiger partial charge >= 0.3 is 5.97 Å². The summed E-state index contributed by atoms with van der Waals surface area (Å²) in [5.74, 6) is 0.910. The van der Waals surface area contributed by atoms with Gasteiger partial charge in [0.15, 0.2) is 0 Å². The monoisotopic (exact) mass is 267 g/mol. The summed E-state index contributed by atoms with van der Waals surface area (Å²) < 4.78 is 0. The summed E-state index contributed by atoms with van der Waals surface area (Å²) in [6.07, 6.45) is 7.61. The lowest BCUT2D eigenvalue weighted by molar-refractivity contribution is -0.152. The van der Waals surface area contributed by atoms with Crippen molar-refractivity contribution in [1.82, 2.24) is 4.90 Å². The van der Waals surface area contributed by atoms with E-state index in [1.165, 1.54) is 25.7 Å². The Bertz CT molecular complexity index is 329. The van der Waals surface area contributed by atoms with Crippen molar-refractivity contribution in [2.75, 3.05) is 6.54 Å². The van der Waals surface area contributed by atoms with Crippen molar-refractivity contribution < 1.29 is 9.90 Å². The third kappa shape index (κ3) is 2.67. The zero-order chi connectivity index (χ0) is 14.0. The molecule has 1 aliphatic heterocycles. The smallest absolute Gasteiger partial charge is 0.324 e. The lowest BCUT2D eigenvalue weighted by atomic mass is 9.77. The van der Waals surface area contributed by atoms with Crippen LogP contribution in [0.15, 0.2) is 0 Å². The van der Waals surface area contributed by atoms with Gasteiger partial charge < -0.3 is 5.11 Å². The second-order valence-corrected chi connectivity index (χ2v) is 6.81. The van der Waals surface area contributed by atoms with Gasteiger partial charge in [-0.25, -0.2) is 0 Å². The molecule has 0 aromatic heterocycles. The first kappa shape index (κ1) is 14.8. The predicted molar refractivity (Wildman–Crippen MR) is 77.2 cm³/mol. The Morgan fingerprint density at radius 2 is 2.11 bits per heavy atom. The molecule has 2 rings (SSSR count). The summed E-state index contributed by atoms with van der Waals surface area (Å²) in [7, 11) is 0. The molecule has 1 saturated carbocycles. The van der Waals surface area contributed by atoms with E-state index in [0.29, 0.717) is 6.04 Å². The van der Waals surface area contributed by atoms with Gasteiger partial charge in [0.2, 0.25) is 0 Å². The van der Waals surface area contributed by atoms with Crippen molar-refractivity contribution in [1.29, 1.82) is 0 Å². The van der Waals surface area contributed by atoms with Crippen LogP contribution in [-0.4, -0.2) is 34.1 Å². The minimum atomic E-state index is -0.598. The van der Waals surface area contributed by atoms with Gasteiger partial charge in [0.25, 0.3) is 0 Å². The first-order chi connectivity index (χ1) is 9.01. The topological polar surface area (TPSA) is 40.5 Å². The Morgan fingerprint density at radius 3 is 2.68 bits per heavy atom. The SMILES string of the molecule is CCC1(C(=O)O)CCCN1C1CCCC(C(C)C)C1. The highest BCUT2D eigenvalue weighted by Crippen LogP contribution is 2.40. The van der Waals surface area contributed by atoms with Crippen molar-refractivity contribution in [3.63, 3.8) is 0 Å². The standard InChI is InChI=1S/C16H29NO2/c1-4-16(15(18)19)9-6-10-17(16)14-8-5-7-13(11-14)12(2)3/h12-14H,4-11H2,1-3H3,(H,18,19). The molecule has 0 aromatic carbocycles. The fourth-order valence-corrected chi connectivity index (χ4v) is 4.28. The molecule has 0 radical (unpaired) electrons. The molecule has 3 heteroatoms. The molecule has 110 valence electrons. The van der Waals surface area contributed by atoms with Crippen molar-refractivity contribution in [3.8, 4) is 0 Å².